The van der Waals surface area contributed by atoms with E-state index >= 15 is 0 Å². The number of thioether (sulfide) groups is 1. The minimum atomic E-state index is -1.01. The molecule has 120 valence electrons. The van der Waals surface area contributed by atoms with Crippen LogP contribution in [0.4, 0.5) is 5.69 Å². The summed E-state index contributed by atoms with van der Waals surface area (Å²) in [6, 6.07) is 13.2. The fraction of sp³-hybridized carbons (Fsp3) is 0. The number of hydrogen-bond acceptors (Lipinski definition) is 4. The molecule has 0 aromatic heterocycles. The Morgan fingerprint density at radius 1 is 1.21 bits per heavy atom. The zero-order valence-corrected chi connectivity index (χ0v) is 14.5. The van der Waals surface area contributed by atoms with E-state index in [1.807, 2.05) is 0 Å². The van der Waals surface area contributed by atoms with E-state index in [0.29, 0.717) is 25.5 Å². The predicted octanol–water partition coefficient (Wildman–Crippen LogP) is 4.44. The van der Waals surface area contributed by atoms with E-state index in [9.17, 15) is 9.59 Å². The third kappa shape index (κ3) is 3.36. The Morgan fingerprint density at radius 2 is 1.92 bits per heavy atom. The lowest BCUT2D eigenvalue weighted by Crippen LogP contribution is -2.27. The molecule has 7 heteroatoms. The van der Waals surface area contributed by atoms with Crippen molar-refractivity contribution in [1.29, 1.82) is 0 Å². The van der Waals surface area contributed by atoms with Crippen LogP contribution < -0.4 is 4.90 Å². The van der Waals surface area contributed by atoms with E-state index < -0.39 is 5.97 Å². The summed E-state index contributed by atoms with van der Waals surface area (Å²) >= 11 is 12.3. The van der Waals surface area contributed by atoms with E-state index in [-0.39, 0.29) is 11.5 Å². The molecule has 0 aliphatic carbocycles. The third-order valence-electron chi connectivity index (χ3n) is 3.31. The molecule has 1 amide bonds. The number of carbonyl (C=O) groups is 2. The molecule has 0 atom stereocenters. The van der Waals surface area contributed by atoms with Crippen LogP contribution in [0.1, 0.15) is 15.9 Å². The fourth-order valence-electron chi connectivity index (χ4n) is 2.19. The lowest BCUT2D eigenvalue weighted by atomic mass is 10.1. The largest absolute Gasteiger partial charge is 0.478 e. The molecule has 1 fully saturated rings. The third-order valence-corrected chi connectivity index (χ3v) is 4.86. The van der Waals surface area contributed by atoms with Crippen molar-refractivity contribution in [3.05, 3.63) is 69.6 Å². The van der Waals surface area contributed by atoms with Gasteiger partial charge in [0.05, 0.1) is 16.2 Å². The lowest BCUT2D eigenvalue weighted by molar-refractivity contribution is -0.113. The molecule has 1 aliphatic rings. The second-order valence-corrected chi connectivity index (χ2v) is 7.04. The smallest absolute Gasteiger partial charge is 0.335 e. The summed E-state index contributed by atoms with van der Waals surface area (Å²) in [5.74, 6) is -1.26. The molecule has 0 bridgehead atoms. The van der Waals surface area contributed by atoms with Crippen molar-refractivity contribution < 1.29 is 14.7 Å². The molecule has 2 aromatic carbocycles. The van der Waals surface area contributed by atoms with Crippen molar-refractivity contribution in [3.63, 3.8) is 0 Å². The van der Waals surface area contributed by atoms with Gasteiger partial charge in [-0.05, 0) is 48.0 Å². The van der Waals surface area contributed by atoms with Gasteiger partial charge in [0.25, 0.3) is 5.91 Å². The highest BCUT2D eigenvalue weighted by Gasteiger charge is 2.33. The van der Waals surface area contributed by atoms with Gasteiger partial charge in [0.2, 0.25) is 0 Å². The number of nitrogens with zero attached hydrogens (tertiary/aromatic N) is 1. The van der Waals surface area contributed by atoms with E-state index in [0.717, 1.165) is 0 Å². The van der Waals surface area contributed by atoms with Crippen molar-refractivity contribution >= 4 is 63.5 Å². The highest BCUT2D eigenvalue weighted by Crippen LogP contribution is 2.36. The summed E-state index contributed by atoms with van der Waals surface area (Å²) < 4.78 is 0.419. The summed E-state index contributed by atoms with van der Waals surface area (Å²) in [5.41, 5.74) is 1.44. The van der Waals surface area contributed by atoms with Crippen LogP contribution in [0, 0.1) is 0 Å². The molecule has 3 rings (SSSR count). The SMILES string of the molecule is O=C(O)c1cccc(/C=C2/SC(=S)N(c3ccc(Cl)cc3)C2=O)c1. The average Bonchev–Trinajstić information content (AvgIpc) is 2.83. The zero-order chi connectivity index (χ0) is 17.3. The Morgan fingerprint density at radius 3 is 2.58 bits per heavy atom. The van der Waals surface area contributed by atoms with Gasteiger partial charge in [-0.15, -0.1) is 0 Å². The number of hydrogen-bond donors (Lipinski definition) is 1. The van der Waals surface area contributed by atoms with E-state index in [1.165, 1.54) is 28.8 Å². The number of benzene rings is 2. The van der Waals surface area contributed by atoms with Gasteiger partial charge < -0.3 is 5.11 Å². The first kappa shape index (κ1) is 16.7. The van der Waals surface area contributed by atoms with Crippen molar-refractivity contribution in [1.82, 2.24) is 0 Å². The quantitative estimate of drug-likeness (QED) is 0.634. The van der Waals surface area contributed by atoms with Gasteiger partial charge in [-0.1, -0.05) is 47.7 Å². The first-order valence-corrected chi connectivity index (χ1v) is 8.43. The van der Waals surface area contributed by atoms with Crippen molar-refractivity contribution in [2.45, 2.75) is 0 Å². The maximum Gasteiger partial charge on any atom is 0.335 e. The molecular formula is C17H10ClNO3S2. The molecule has 0 radical (unpaired) electrons. The standard InChI is InChI=1S/C17H10ClNO3S2/c18-12-4-6-13(7-5-12)19-15(20)14(24-17(19)23)9-10-2-1-3-11(8-10)16(21)22/h1-9H,(H,21,22)/b14-9+. The van der Waals surface area contributed by atoms with E-state index in [1.54, 1.807) is 42.5 Å². The zero-order valence-electron chi connectivity index (χ0n) is 12.1. The second-order valence-electron chi connectivity index (χ2n) is 4.92. The predicted molar refractivity (Wildman–Crippen MR) is 101 cm³/mol. The fourth-order valence-corrected chi connectivity index (χ4v) is 3.62. The maximum absolute atomic E-state index is 12.6. The minimum Gasteiger partial charge on any atom is -0.478 e. The van der Waals surface area contributed by atoms with Crippen molar-refractivity contribution in [2.75, 3.05) is 4.90 Å². The van der Waals surface area contributed by atoms with Crippen LogP contribution in [0.15, 0.2) is 53.4 Å². The number of aromatic carboxylic acids is 1. The van der Waals surface area contributed by atoms with Gasteiger partial charge >= 0.3 is 5.97 Å². The molecule has 1 N–H and O–H groups in total. The first-order valence-electron chi connectivity index (χ1n) is 6.82. The highest BCUT2D eigenvalue weighted by atomic mass is 35.5. The van der Waals surface area contributed by atoms with Crippen molar-refractivity contribution in [3.8, 4) is 0 Å². The summed E-state index contributed by atoms with van der Waals surface area (Å²) in [5, 5.41) is 9.62. The molecule has 0 saturated carbocycles. The van der Waals surface area contributed by atoms with Gasteiger partial charge in [0.15, 0.2) is 4.32 Å². The van der Waals surface area contributed by atoms with Crippen LogP contribution in [-0.2, 0) is 4.79 Å². The summed E-state index contributed by atoms with van der Waals surface area (Å²) in [6.07, 6.45) is 1.64. The van der Waals surface area contributed by atoms with Gasteiger partial charge in [0.1, 0.15) is 0 Å². The average molecular weight is 376 g/mol. The second kappa shape index (κ2) is 6.76. The summed E-state index contributed by atoms with van der Waals surface area (Å²) in [7, 11) is 0. The molecule has 4 nitrogen and oxygen atoms in total. The lowest BCUT2D eigenvalue weighted by Gasteiger charge is -2.14. The van der Waals surface area contributed by atoms with Crippen molar-refractivity contribution in [2.24, 2.45) is 0 Å². The van der Waals surface area contributed by atoms with E-state index in [4.69, 9.17) is 28.9 Å². The molecular weight excluding hydrogens is 366 g/mol. The normalized spacial score (nSPS) is 16.0. The number of carboxylic acids is 1. The number of halogens is 1. The number of amides is 1. The van der Waals surface area contributed by atoms with Crippen LogP contribution in [-0.4, -0.2) is 21.3 Å². The molecule has 2 aromatic rings. The van der Waals surface area contributed by atoms with Gasteiger partial charge in [-0.25, -0.2) is 4.79 Å². The van der Waals surface area contributed by atoms with Crippen LogP contribution >= 0.6 is 35.6 Å². The molecule has 24 heavy (non-hydrogen) atoms. The van der Waals surface area contributed by atoms with Crippen LogP contribution in [0.3, 0.4) is 0 Å². The first-order chi connectivity index (χ1) is 11.5. The number of rotatable bonds is 3. The van der Waals surface area contributed by atoms with Crippen LogP contribution in [0.25, 0.3) is 6.08 Å². The number of thiocarbonyl (C=S) groups is 1. The molecule has 1 heterocycles. The Hall–Kier alpha value is -2.15. The Labute approximate surface area is 152 Å². The summed E-state index contributed by atoms with van der Waals surface area (Å²) in [6.45, 7) is 0. The van der Waals surface area contributed by atoms with Crippen LogP contribution in [0.5, 0.6) is 0 Å². The molecule has 0 spiro atoms. The Kier molecular flexibility index (Phi) is 4.71. The minimum absolute atomic E-state index is 0.164. The summed E-state index contributed by atoms with van der Waals surface area (Å²) in [4.78, 5) is 25.5. The number of anilines is 1. The van der Waals surface area contributed by atoms with Gasteiger partial charge in [-0.2, -0.15) is 0 Å². The Bertz CT molecular complexity index is 878. The molecule has 1 aliphatic heterocycles. The topological polar surface area (TPSA) is 57.6 Å². The molecule has 1 saturated heterocycles. The van der Waals surface area contributed by atoms with Gasteiger partial charge in [0, 0.05) is 5.02 Å². The number of carboxylic acid groups (broad SMARTS) is 1. The molecule has 0 unspecified atom stereocenters. The highest BCUT2D eigenvalue weighted by molar-refractivity contribution is 8.27. The maximum atomic E-state index is 12.6. The Balaban J connectivity index is 1.92. The monoisotopic (exact) mass is 375 g/mol. The van der Waals surface area contributed by atoms with Gasteiger partial charge in [-0.3, -0.25) is 9.69 Å². The van der Waals surface area contributed by atoms with Crippen LogP contribution in [0.2, 0.25) is 5.02 Å². The van der Waals surface area contributed by atoms with E-state index in [2.05, 4.69) is 0 Å². The number of carbonyl (C=O) groups excluding carboxylic acids is 1.